The van der Waals surface area contributed by atoms with Gasteiger partial charge >= 0.3 is 0 Å². The third-order valence-electron chi connectivity index (χ3n) is 11.2. The summed E-state index contributed by atoms with van der Waals surface area (Å²) in [6, 6.07) is 79.2. The second-order valence-electron chi connectivity index (χ2n) is 14.6. The van der Waals surface area contributed by atoms with Gasteiger partial charge in [0.15, 0.2) is 0 Å². The van der Waals surface area contributed by atoms with Gasteiger partial charge in [0.1, 0.15) is 0 Å². The summed E-state index contributed by atoms with van der Waals surface area (Å²) in [6.07, 6.45) is 0. The Kier molecular flexibility index (Phi) is 8.04. The molecule has 0 radical (unpaired) electrons. The van der Waals surface area contributed by atoms with Crippen molar-refractivity contribution in [2.75, 3.05) is 4.90 Å². The largest absolute Gasteiger partial charge is 0.311 e. The van der Waals surface area contributed by atoms with E-state index in [9.17, 15) is 0 Å². The molecule has 0 fully saturated rings. The zero-order valence-corrected chi connectivity index (χ0v) is 31.9. The topological polar surface area (TPSA) is 8.17 Å². The fraction of sp³-hybridized carbons (Fsp3) is 0. The summed E-state index contributed by atoms with van der Waals surface area (Å²) in [6.45, 7) is 0. The van der Waals surface area contributed by atoms with E-state index in [0.717, 1.165) is 17.1 Å². The molecule has 11 rings (SSSR count). The highest BCUT2D eigenvalue weighted by Gasteiger charge is 2.16. The highest BCUT2D eigenvalue weighted by Crippen LogP contribution is 2.41. The van der Waals surface area contributed by atoms with Gasteiger partial charge in [-0.25, -0.2) is 0 Å². The van der Waals surface area contributed by atoms with Gasteiger partial charge in [0, 0.05) is 53.7 Å². The van der Waals surface area contributed by atoms with Crippen LogP contribution in [0, 0.1) is 0 Å². The van der Waals surface area contributed by atoms with Crippen LogP contribution >= 0.6 is 11.3 Å². The van der Waals surface area contributed by atoms with E-state index >= 15 is 0 Å². The average Bonchev–Trinajstić information content (AvgIpc) is 3.82. The first-order valence-electron chi connectivity index (χ1n) is 19.4. The minimum absolute atomic E-state index is 1.12. The van der Waals surface area contributed by atoms with Gasteiger partial charge < -0.3 is 9.47 Å². The summed E-state index contributed by atoms with van der Waals surface area (Å²) in [4.78, 5) is 2.33. The molecule has 0 saturated heterocycles. The van der Waals surface area contributed by atoms with Crippen LogP contribution in [0.15, 0.2) is 218 Å². The highest BCUT2D eigenvalue weighted by molar-refractivity contribution is 7.25. The number of aromatic nitrogens is 1. The molecule has 0 aliphatic rings. The van der Waals surface area contributed by atoms with Crippen LogP contribution in [0.25, 0.3) is 81.0 Å². The fourth-order valence-corrected chi connectivity index (χ4v) is 9.47. The summed E-state index contributed by atoms with van der Waals surface area (Å²) in [5.41, 5.74) is 14.3. The van der Waals surface area contributed by atoms with Gasteiger partial charge in [-0.05, 0) is 124 Å². The van der Waals surface area contributed by atoms with E-state index in [1.165, 1.54) is 81.0 Å². The summed E-state index contributed by atoms with van der Waals surface area (Å²) < 4.78 is 4.98. The normalized spacial score (nSPS) is 11.5. The average molecular weight is 745 g/mol. The molecule has 2 heterocycles. The van der Waals surface area contributed by atoms with E-state index in [2.05, 4.69) is 228 Å². The molecule has 3 heteroatoms. The lowest BCUT2D eigenvalue weighted by Gasteiger charge is -2.26. The van der Waals surface area contributed by atoms with Crippen molar-refractivity contribution in [3.8, 4) is 39.1 Å². The summed E-state index contributed by atoms with van der Waals surface area (Å²) >= 11 is 1.87. The molecule has 0 atom stereocenters. The van der Waals surface area contributed by atoms with E-state index in [0.29, 0.717) is 0 Å². The van der Waals surface area contributed by atoms with Crippen LogP contribution in [0.3, 0.4) is 0 Å². The van der Waals surface area contributed by atoms with Crippen molar-refractivity contribution in [3.63, 3.8) is 0 Å². The molecule has 0 bridgehead atoms. The zero-order chi connectivity index (χ0) is 37.7. The van der Waals surface area contributed by atoms with Crippen molar-refractivity contribution in [1.29, 1.82) is 0 Å². The van der Waals surface area contributed by atoms with Crippen LogP contribution in [0.2, 0.25) is 0 Å². The molecule has 268 valence electrons. The Bertz CT molecular complexity index is 3200. The molecule has 57 heavy (non-hydrogen) atoms. The van der Waals surface area contributed by atoms with Crippen molar-refractivity contribution in [3.05, 3.63) is 218 Å². The molecule has 2 nitrogen and oxygen atoms in total. The maximum Gasteiger partial charge on any atom is 0.0541 e. The number of nitrogens with zero attached hydrogens (tertiary/aromatic N) is 2. The summed E-state index contributed by atoms with van der Waals surface area (Å²) in [5, 5.41) is 5.13. The number of para-hydroxylation sites is 3. The molecule has 11 aromatic rings. The number of hydrogen-bond donors (Lipinski definition) is 0. The van der Waals surface area contributed by atoms with E-state index in [1.807, 2.05) is 11.3 Å². The molecule has 0 unspecified atom stereocenters. The third kappa shape index (κ3) is 5.88. The second kappa shape index (κ2) is 13.8. The van der Waals surface area contributed by atoms with E-state index in [4.69, 9.17) is 0 Å². The Balaban J connectivity index is 0.946. The highest BCUT2D eigenvalue weighted by atomic mass is 32.1. The van der Waals surface area contributed by atoms with E-state index in [-0.39, 0.29) is 0 Å². The molecule has 9 aromatic carbocycles. The van der Waals surface area contributed by atoms with Gasteiger partial charge in [-0.15, -0.1) is 11.3 Å². The molecule has 0 aliphatic carbocycles. The van der Waals surface area contributed by atoms with Gasteiger partial charge in [0.25, 0.3) is 0 Å². The molecule has 0 N–H and O–H groups in total. The Hall–Kier alpha value is -7.20. The number of benzene rings is 9. The lowest BCUT2D eigenvalue weighted by molar-refractivity contribution is 1.18. The van der Waals surface area contributed by atoms with Crippen molar-refractivity contribution in [1.82, 2.24) is 4.57 Å². The lowest BCUT2D eigenvalue weighted by atomic mass is 9.99. The van der Waals surface area contributed by atoms with E-state index in [1.54, 1.807) is 0 Å². The Morgan fingerprint density at radius 1 is 0.298 bits per heavy atom. The predicted molar refractivity (Wildman–Crippen MR) is 245 cm³/mol. The lowest BCUT2D eigenvalue weighted by Crippen LogP contribution is -2.09. The molecule has 0 saturated carbocycles. The number of fused-ring (bicyclic) bond motifs is 6. The molecule has 0 spiro atoms. The molecule has 2 aromatic heterocycles. The summed E-state index contributed by atoms with van der Waals surface area (Å²) in [7, 11) is 0. The smallest absolute Gasteiger partial charge is 0.0541 e. The minimum Gasteiger partial charge on any atom is -0.311 e. The van der Waals surface area contributed by atoms with E-state index < -0.39 is 0 Å². The Morgan fingerprint density at radius 2 is 0.719 bits per heavy atom. The number of rotatable bonds is 7. The van der Waals surface area contributed by atoms with Crippen LogP contribution < -0.4 is 4.90 Å². The molecule has 0 amide bonds. The standard InChI is InChI=1S/C54H36N2S/c1-4-12-37(13-5-1)38-20-27-45(28-21-38)55(43-14-6-2-7-15-43)46-29-22-39(23-30-46)40-25-32-53-49(35-40)50-36-42(26-33-54(50)57-53)41-24-31-52-48(34-41)47-18-10-11-19-51(47)56(52)44-16-8-3-9-17-44/h1-36H. The van der Waals surface area contributed by atoms with Crippen molar-refractivity contribution >= 4 is 70.4 Å². The fourth-order valence-electron chi connectivity index (χ4n) is 8.41. The maximum atomic E-state index is 2.39. The minimum atomic E-state index is 1.12. The van der Waals surface area contributed by atoms with Crippen molar-refractivity contribution in [2.45, 2.75) is 0 Å². The number of hydrogen-bond acceptors (Lipinski definition) is 2. The molecular weight excluding hydrogens is 709 g/mol. The monoisotopic (exact) mass is 744 g/mol. The van der Waals surface area contributed by atoms with Gasteiger partial charge in [0.05, 0.1) is 11.0 Å². The van der Waals surface area contributed by atoms with Crippen LogP contribution in [0.1, 0.15) is 0 Å². The van der Waals surface area contributed by atoms with Gasteiger partial charge in [-0.3, -0.25) is 0 Å². The van der Waals surface area contributed by atoms with Crippen LogP contribution in [-0.4, -0.2) is 4.57 Å². The van der Waals surface area contributed by atoms with Gasteiger partial charge in [-0.2, -0.15) is 0 Å². The maximum absolute atomic E-state index is 2.39. The molecular formula is C54H36N2S. The first kappa shape index (κ1) is 33.2. The van der Waals surface area contributed by atoms with Gasteiger partial charge in [-0.1, -0.05) is 127 Å². The molecule has 0 aliphatic heterocycles. The van der Waals surface area contributed by atoms with Crippen molar-refractivity contribution < 1.29 is 0 Å². The third-order valence-corrected chi connectivity index (χ3v) is 12.3. The Labute approximate surface area is 335 Å². The van der Waals surface area contributed by atoms with Crippen LogP contribution in [0.4, 0.5) is 17.1 Å². The number of thiophene rings is 1. The number of anilines is 3. The van der Waals surface area contributed by atoms with Crippen LogP contribution in [0.5, 0.6) is 0 Å². The first-order chi connectivity index (χ1) is 28.2. The predicted octanol–water partition coefficient (Wildman–Crippen LogP) is 15.6. The zero-order valence-electron chi connectivity index (χ0n) is 31.1. The van der Waals surface area contributed by atoms with Crippen LogP contribution in [-0.2, 0) is 0 Å². The Morgan fingerprint density at radius 3 is 1.35 bits per heavy atom. The quantitative estimate of drug-likeness (QED) is 0.158. The summed E-state index contributed by atoms with van der Waals surface area (Å²) in [5.74, 6) is 0. The second-order valence-corrected chi connectivity index (χ2v) is 15.7. The SMILES string of the molecule is c1ccc(-c2ccc(N(c3ccccc3)c3ccc(-c4ccc5sc6ccc(-c7ccc8c(c7)c7ccccc7n8-c7ccccc7)cc6c5c4)cc3)cc2)cc1. The first-order valence-corrected chi connectivity index (χ1v) is 20.2. The van der Waals surface area contributed by atoms with Crippen molar-refractivity contribution in [2.24, 2.45) is 0 Å². The van der Waals surface area contributed by atoms with Gasteiger partial charge in [0.2, 0.25) is 0 Å².